The lowest BCUT2D eigenvalue weighted by Gasteiger charge is -2.25. The molecule has 1 unspecified atom stereocenters. The molecule has 25 heavy (non-hydrogen) atoms. The molecule has 1 fully saturated rings. The number of carbonyl (C=O) groups is 1. The molecule has 1 aromatic carbocycles. The summed E-state index contributed by atoms with van der Waals surface area (Å²) in [5.41, 5.74) is -0.0313. The van der Waals surface area contributed by atoms with E-state index in [-0.39, 0.29) is 29.3 Å². The molecular formula is C17H28ClN3O3S. The van der Waals surface area contributed by atoms with Crippen LogP contribution in [-0.2, 0) is 10.0 Å². The van der Waals surface area contributed by atoms with Crippen molar-refractivity contribution in [3.63, 3.8) is 0 Å². The van der Waals surface area contributed by atoms with Gasteiger partial charge in [0.15, 0.2) is 0 Å². The molecule has 1 aliphatic heterocycles. The molecule has 0 spiro atoms. The Bertz CT molecular complexity index is 684. The third-order valence-corrected chi connectivity index (χ3v) is 5.70. The highest BCUT2D eigenvalue weighted by Crippen LogP contribution is 2.21. The van der Waals surface area contributed by atoms with Crippen LogP contribution in [0.1, 0.15) is 44.0 Å². The standard InChI is InChI=1S/C17H27N3O3S.ClH/c1-17(2,3)19-24(22,23)15-9-7-13(8-10-15)16(21)20-11-5-6-14(20)12-18-4;/h7-10,14,18-19H,5-6,11-12H2,1-4H3;1H. The van der Waals surface area contributed by atoms with E-state index in [2.05, 4.69) is 10.0 Å². The smallest absolute Gasteiger partial charge is 0.254 e. The number of amides is 1. The SMILES string of the molecule is CNCC1CCCN1C(=O)c1ccc(S(=O)(=O)NC(C)(C)C)cc1.Cl. The zero-order valence-corrected chi connectivity index (χ0v) is 16.8. The average molecular weight is 390 g/mol. The lowest BCUT2D eigenvalue weighted by Crippen LogP contribution is -2.41. The minimum absolute atomic E-state index is 0. The predicted octanol–water partition coefficient (Wildman–Crippen LogP) is 2.01. The van der Waals surface area contributed by atoms with E-state index >= 15 is 0 Å². The fourth-order valence-corrected chi connectivity index (χ4v) is 4.37. The molecule has 1 aliphatic rings. The zero-order chi connectivity index (χ0) is 18.0. The van der Waals surface area contributed by atoms with Gasteiger partial charge in [0.05, 0.1) is 4.90 Å². The summed E-state index contributed by atoms with van der Waals surface area (Å²) in [5.74, 6) is -0.0412. The Kier molecular flexibility index (Phi) is 7.43. The minimum atomic E-state index is -3.58. The largest absolute Gasteiger partial charge is 0.334 e. The number of nitrogens with zero attached hydrogens (tertiary/aromatic N) is 1. The maximum absolute atomic E-state index is 12.7. The van der Waals surface area contributed by atoms with Crippen LogP contribution < -0.4 is 10.0 Å². The lowest BCUT2D eigenvalue weighted by atomic mass is 10.1. The fourth-order valence-electron chi connectivity index (χ4n) is 2.96. The maximum atomic E-state index is 12.7. The van der Waals surface area contributed by atoms with Crippen molar-refractivity contribution in [1.82, 2.24) is 14.9 Å². The van der Waals surface area contributed by atoms with Crippen molar-refractivity contribution in [2.45, 2.75) is 50.1 Å². The summed E-state index contributed by atoms with van der Waals surface area (Å²) in [4.78, 5) is 14.7. The van der Waals surface area contributed by atoms with Gasteiger partial charge in [0.25, 0.3) is 5.91 Å². The van der Waals surface area contributed by atoms with Gasteiger partial charge in [-0.15, -0.1) is 12.4 Å². The number of carbonyl (C=O) groups excluding carboxylic acids is 1. The number of hydrogen-bond donors (Lipinski definition) is 2. The number of rotatable bonds is 5. The molecule has 142 valence electrons. The van der Waals surface area contributed by atoms with E-state index in [0.29, 0.717) is 5.56 Å². The first-order valence-electron chi connectivity index (χ1n) is 8.24. The van der Waals surface area contributed by atoms with Crippen LogP contribution in [0.25, 0.3) is 0 Å². The van der Waals surface area contributed by atoms with Gasteiger partial charge in [0, 0.05) is 30.2 Å². The van der Waals surface area contributed by atoms with E-state index in [9.17, 15) is 13.2 Å². The average Bonchev–Trinajstić information content (AvgIpc) is 2.93. The second kappa shape index (κ2) is 8.49. The van der Waals surface area contributed by atoms with Crippen molar-refractivity contribution in [3.8, 4) is 0 Å². The summed E-state index contributed by atoms with van der Waals surface area (Å²) < 4.78 is 27.2. The normalized spacial score (nSPS) is 18.1. The van der Waals surface area contributed by atoms with E-state index in [4.69, 9.17) is 0 Å². The molecule has 1 saturated heterocycles. The van der Waals surface area contributed by atoms with Crippen molar-refractivity contribution >= 4 is 28.3 Å². The van der Waals surface area contributed by atoms with E-state index < -0.39 is 15.6 Å². The maximum Gasteiger partial charge on any atom is 0.254 e. The molecule has 2 rings (SSSR count). The summed E-state index contributed by atoms with van der Waals surface area (Å²) in [6, 6.07) is 6.37. The van der Waals surface area contributed by atoms with Crippen molar-refractivity contribution < 1.29 is 13.2 Å². The first kappa shape index (κ1) is 21.9. The predicted molar refractivity (Wildman–Crippen MR) is 102 cm³/mol. The number of hydrogen-bond acceptors (Lipinski definition) is 4. The molecule has 6 nitrogen and oxygen atoms in total. The number of likely N-dealkylation sites (N-methyl/N-ethyl adjacent to an activating group) is 1. The Hall–Kier alpha value is -1.15. The molecule has 0 saturated carbocycles. The molecule has 0 bridgehead atoms. The fraction of sp³-hybridized carbons (Fsp3) is 0.588. The van der Waals surface area contributed by atoms with Crippen LogP contribution in [0, 0.1) is 0 Å². The minimum Gasteiger partial charge on any atom is -0.334 e. The number of halogens is 1. The Morgan fingerprint density at radius 1 is 1.24 bits per heavy atom. The molecule has 0 aromatic heterocycles. The summed E-state index contributed by atoms with van der Waals surface area (Å²) in [6.07, 6.45) is 1.99. The Morgan fingerprint density at radius 3 is 2.36 bits per heavy atom. The molecule has 1 heterocycles. The van der Waals surface area contributed by atoms with E-state index in [1.807, 2.05) is 11.9 Å². The molecular weight excluding hydrogens is 362 g/mol. The Labute approximate surface area is 156 Å². The van der Waals surface area contributed by atoms with E-state index in [0.717, 1.165) is 25.9 Å². The van der Waals surface area contributed by atoms with Crippen LogP contribution in [0.5, 0.6) is 0 Å². The number of nitrogens with one attached hydrogen (secondary N) is 2. The monoisotopic (exact) mass is 389 g/mol. The quantitative estimate of drug-likeness (QED) is 0.807. The summed E-state index contributed by atoms with van der Waals surface area (Å²) in [6.45, 7) is 6.89. The second-order valence-electron chi connectivity index (χ2n) is 7.23. The highest BCUT2D eigenvalue weighted by molar-refractivity contribution is 7.89. The highest BCUT2D eigenvalue weighted by Gasteiger charge is 2.29. The van der Waals surface area contributed by atoms with Gasteiger partial charge in [-0.3, -0.25) is 4.79 Å². The number of likely N-dealkylation sites (tertiary alicyclic amines) is 1. The summed E-state index contributed by atoms with van der Waals surface area (Å²) >= 11 is 0. The zero-order valence-electron chi connectivity index (χ0n) is 15.2. The van der Waals surface area contributed by atoms with Crippen LogP contribution in [0.2, 0.25) is 0 Å². The van der Waals surface area contributed by atoms with Crippen LogP contribution in [0.4, 0.5) is 0 Å². The van der Waals surface area contributed by atoms with Crippen LogP contribution in [0.3, 0.4) is 0 Å². The van der Waals surface area contributed by atoms with Gasteiger partial charge in [-0.05, 0) is 64.9 Å². The summed E-state index contributed by atoms with van der Waals surface area (Å²) in [7, 11) is -1.71. The van der Waals surface area contributed by atoms with Crippen LogP contribution >= 0.6 is 12.4 Å². The number of sulfonamides is 1. The molecule has 1 aromatic rings. The van der Waals surface area contributed by atoms with E-state index in [1.54, 1.807) is 32.9 Å². The van der Waals surface area contributed by atoms with Gasteiger partial charge < -0.3 is 10.2 Å². The van der Waals surface area contributed by atoms with Crippen LogP contribution in [0.15, 0.2) is 29.2 Å². The van der Waals surface area contributed by atoms with Crippen LogP contribution in [-0.4, -0.2) is 50.9 Å². The Balaban J connectivity index is 0.00000312. The first-order chi connectivity index (χ1) is 11.1. The van der Waals surface area contributed by atoms with Gasteiger partial charge in [0.2, 0.25) is 10.0 Å². The first-order valence-corrected chi connectivity index (χ1v) is 9.72. The van der Waals surface area contributed by atoms with E-state index in [1.165, 1.54) is 12.1 Å². The lowest BCUT2D eigenvalue weighted by molar-refractivity contribution is 0.0737. The van der Waals surface area contributed by atoms with Gasteiger partial charge in [-0.2, -0.15) is 0 Å². The van der Waals surface area contributed by atoms with Gasteiger partial charge in [-0.1, -0.05) is 0 Å². The molecule has 1 amide bonds. The van der Waals surface area contributed by atoms with Crippen molar-refractivity contribution in [1.29, 1.82) is 0 Å². The topological polar surface area (TPSA) is 78.5 Å². The van der Waals surface area contributed by atoms with Crippen molar-refractivity contribution in [2.24, 2.45) is 0 Å². The molecule has 1 atom stereocenters. The van der Waals surface area contributed by atoms with Gasteiger partial charge in [-0.25, -0.2) is 13.1 Å². The summed E-state index contributed by atoms with van der Waals surface area (Å²) in [5, 5.41) is 3.12. The second-order valence-corrected chi connectivity index (χ2v) is 8.91. The Morgan fingerprint density at radius 2 is 1.84 bits per heavy atom. The molecule has 0 radical (unpaired) electrons. The molecule has 2 N–H and O–H groups in total. The third kappa shape index (κ3) is 5.67. The highest BCUT2D eigenvalue weighted by atomic mass is 35.5. The van der Waals surface area contributed by atoms with Gasteiger partial charge >= 0.3 is 0 Å². The van der Waals surface area contributed by atoms with Crippen molar-refractivity contribution in [3.05, 3.63) is 29.8 Å². The molecule has 8 heteroatoms. The van der Waals surface area contributed by atoms with Gasteiger partial charge in [0.1, 0.15) is 0 Å². The van der Waals surface area contributed by atoms with Crippen molar-refractivity contribution in [2.75, 3.05) is 20.1 Å². The third-order valence-electron chi connectivity index (χ3n) is 3.93. The molecule has 0 aliphatic carbocycles. The number of benzene rings is 1.